The molecule has 0 spiro atoms. The largest absolute Gasteiger partial charge is 0.478 e. The predicted octanol–water partition coefficient (Wildman–Crippen LogP) is 3.49. The highest BCUT2D eigenvalue weighted by Crippen LogP contribution is 2.31. The van der Waals surface area contributed by atoms with Gasteiger partial charge in [-0.2, -0.15) is 0 Å². The van der Waals surface area contributed by atoms with E-state index in [0.717, 1.165) is 25.7 Å². The van der Waals surface area contributed by atoms with E-state index in [1.165, 1.54) is 18.6 Å². The first kappa shape index (κ1) is 14.6. The summed E-state index contributed by atoms with van der Waals surface area (Å²) >= 11 is 0. The molecule has 0 amide bonds. The van der Waals surface area contributed by atoms with E-state index in [-0.39, 0.29) is 17.3 Å². The van der Waals surface area contributed by atoms with Crippen LogP contribution in [0.15, 0.2) is 12.1 Å². The van der Waals surface area contributed by atoms with Crippen molar-refractivity contribution in [3.63, 3.8) is 0 Å². The molecule has 0 heterocycles. The molecule has 110 valence electrons. The van der Waals surface area contributed by atoms with Crippen LogP contribution in [0.5, 0.6) is 0 Å². The van der Waals surface area contributed by atoms with Gasteiger partial charge in [-0.15, -0.1) is 0 Å². The summed E-state index contributed by atoms with van der Waals surface area (Å²) in [4.78, 5) is 10.8. The van der Waals surface area contributed by atoms with Crippen molar-refractivity contribution < 1.29 is 14.3 Å². The SMILES string of the molecule is CCC1CCCC(Nc2cc(F)c(C(=O)O)cc2N)C1. The monoisotopic (exact) mass is 280 g/mol. The second kappa shape index (κ2) is 6.11. The van der Waals surface area contributed by atoms with Crippen LogP contribution < -0.4 is 11.1 Å². The van der Waals surface area contributed by atoms with Gasteiger partial charge in [0, 0.05) is 6.04 Å². The molecular weight excluding hydrogens is 259 g/mol. The molecule has 0 radical (unpaired) electrons. The number of rotatable bonds is 4. The van der Waals surface area contributed by atoms with Crippen molar-refractivity contribution in [2.75, 3.05) is 11.1 Å². The van der Waals surface area contributed by atoms with Crippen molar-refractivity contribution in [3.8, 4) is 0 Å². The molecule has 1 aromatic carbocycles. The lowest BCUT2D eigenvalue weighted by Gasteiger charge is -2.30. The number of nitrogens with one attached hydrogen (secondary N) is 1. The van der Waals surface area contributed by atoms with E-state index in [1.807, 2.05) is 0 Å². The minimum absolute atomic E-state index is 0.280. The Balaban J connectivity index is 2.13. The van der Waals surface area contributed by atoms with Crippen molar-refractivity contribution in [2.45, 2.75) is 45.1 Å². The van der Waals surface area contributed by atoms with Crippen molar-refractivity contribution in [3.05, 3.63) is 23.5 Å². The second-order valence-electron chi connectivity index (χ2n) is 5.51. The van der Waals surface area contributed by atoms with Gasteiger partial charge in [0.05, 0.1) is 16.9 Å². The number of hydrogen-bond acceptors (Lipinski definition) is 3. The molecule has 1 aromatic rings. The number of benzene rings is 1. The first-order valence-corrected chi connectivity index (χ1v) is 7.10. The predicted molar refractivity (Wildman–Crippen MR) is 77.4 cm³/mol. The Morgan fingerprint density at radius 1 is 1.50 bits per heavy atom. The van der Waals surface area contributed by atoms with Gasteiger partial charge in [-0.05, 0) is 30.9 Å². The van der Waals surface area contributed by atoms with Crippen LogP contribution in [0.25, 0.3) is 0 Å². The molecular formula is C15H21FN2O2. The Morgan fingerprint density at radius 2 is 2.25 bits per heavy atom. The van der Waals surface area contributed by atoms with Crippen molar-refractivity contribution in [1.82, 2.24) is 0 Å². The van der Waals surface area contributed by atoms with E-state index < -0.39 is 11.8 Å². The van der Waals surface area contributed by atoms with Crippen LogP contribution in [0, 0.1) is 11.7 Å². The Morgan fingerprint density at radius 3 is 2.90 bits per heavy atom. The maximum atomic E-state index is 13.7. The number of nitrogens with two attached hydrogens (primary N) is 1. The summed E-state index contributed by atoms with van der Waals surface area (Å²) in [6, 6.07) is 2.65. The summed E-state index contributed by atoms with van der Waals surface area (Å²) in [5, 5.41) is 12.1. The van der Waals surface area contributed by atoms with Crippen LogP contribution >= 0.6 is 0 Å². The summed E-state index contributed by atoms with van der Waals surface area (Å²) in [6.45, 7) is 2.18. The highest BCUT2D eigenvalue weighted by molar-refractivity contribution is 5.90. The number of nitrogen functional groups attached to an aromatic ring is 1. The number of halogens is 1. The number of hydrogen-bond donors (Lipinski definition) is 3. The van der Waals surface area contributed by atoms with E-state index in [1.54, 1.807) is 0 Å². The number of carbonyl (C=O) groups is 1. The summed E-state index contributed by atoms with van der Waals surface area (Å²) < 4.78 is 13.7. The normalized spacial score (nSPS) is 22.5. The number of anilines is 2. The van der Waals surface area contributed by atoms with Gasteiger partial charge in [-0.3, -0.25) is 0 Å². The van der Waals surface area contributed by atoms with Gasteiger partial charge in [0.25, 0.3) is 0 Å². The lowest BCUT2D eigenvalue weighted by atomic mass is 9.84. The van der Waals surface area contributed by atoms with Crippen LogP contribution in [-0.2, 0) is 0 Å². The molecule has 2 atom stereocenters. The average molecular weight is 280 g/mol. The standard InChI is InChI=1S/C15H21FN2O2/c1-2-9-4-3-5-10(6-9)18-14-8-12(16)11(15(19)20)7-13(14)17/h7-10,18H,2-6,17H2,1H3,(H,19,20). The molecule has 0 aromatic heterocycles. The molecule has 0 saturated heterocycles. The van der Waals surface area contributed by atoms with Crippen LogP contribution in [-0.4, -0.2) is 17.1 Å². The third-order valence-corrected chi connectivity index (χ3v) is 4.09. The quantitative estimate of drug-likeness (QED) is 0.738. The fourth-order valence-electron chi connectivity index (χ4n) is 2.89. The van der Waals surface area contributed by atoms with Gasteiger partial charge in [-0.1, -0.05) is 26.2 Å². The zero-order valence-electron chi connectivity index (χ0n) is 11.7. The Bertz CT molecular complexity index is 505. The zero-order valence-corrected chi connectivity index (χ0v) is 11.7. The first-order valence-electron chi connectivity index (χ1n) is 7.10. The van der Waals surface area contributed by atoms with Gasteiger partial charge in [0.2, 0.25) is 0 Å². The molecule has 1 aliphatic carbocycles. The maximum absolute atomic E-state index is 13.7. The van der Waals surface area contributed by atoms with Gasteiger partial charge in [0.15, 0.2) is 0 Å². The van der Waals surface area contributed by atoms with Crippen LogP contribution in [0.1, 0.15) is 49.4 Å². The summed E-state index contributed by atoms with van der Waals surface area (Å²) in [5.74, 6) is -1.35. The fourth-order valence-corrected chi connectivity index (χ4v) is 2.89. The highest BCUT2D eigenvalue weighted by atomic mass is 19.1. The molecule has 1 fully saturated rings. The molecule has 2 unspecified atom stereocenters. The minimum Gasteiger partial charge on any atom is -0.478 e. The maximum Gasteiger partial charge on any atom is 0.338 e. The summed E-state index contributed by atoms with van der Waals surface area (Å²) in [5.41, 5.74) is 6.21. The van der Waals surface area contributed by atoms with Gasteiger partial charge in [-0.25, -0.2) is 9.18 Å². The third-order valence-electron chi connectivity index (χ3n) is 4.09. The van der Waals surface area contributed by atoms with Crippen molar-refractivity contribution in [2.24, 2.45) is 5.92 Å². The van der Waals surface area contributed by atoms with Crippen molar-refractivity contribution >= 4 is 17.3 Å². The highest BCUT2D eigenvalue weighted by Gasteiger charge is 2.22. The van der Waals surface area contributed by atoms with E-state index in [0.29, 0.717) is 11.6 Å². The van der Waals surface area contributed by atoms with E-state index in [9.17, 15) is 9.18 Å². The molecule has 4 N–H and O–H groups in total. The topological polar surface area (TPSA) is 75.3 Å². The summed E-state index contributed by atoms with van der Waals surface area (Å²) in [7, 11) is 0. The zero-order chi connectivity index (χ0) is 14.7. The molecule has 4 nitrogen and oxygen atoms in total. The van der Waals surface area contributed by atoms with Crippen LogP contribution in [0.2, 0.25) is 0 Å². The Labute approximate surface area is 118 Å². The fraction of sp³-hybridized carbons (Fsp3) is 0.533. The molecule has 5 heteroatoms. The third kappa shape index (κ3) is 3.21. The Hall–Kier alpha value is -1.78. The number of carboxylic acid groups (broad SMARTS) is 1. The minimum atomic E-state index is -1.30. The summed E-state index contributed by atoms with van der Waals surface area (Å²) in [6.07, 6.45) is 5.65. The van der Waals surface area contributed by atoms with E-state index >= 15 is 0 Å². The number of carboxylic acids is 1. The van der Waals surface area contributed by atoms with Gasteiger partial charge < -0.3 is 16.2 Å². The molecule has 0 bridgehead atoms. The van der Waals surface area contributed by atoms with Gasteiger partial charge in [0.1, 0.15) is 5.82 Å². The van der Waals surface area contributed by atoms with Crippen LogP contribution in [0.3, 0.4) is 0 Å². The van der Waals surface area contributed by atoms with Crippen LogP contribution in [0.4, 0.5) is 15.8 Å². The molecule has 1 saturated carbocycles. The lowest BCUT2D eigenvalue weighted by Crippen LogP contribution is -2.27. The van der Waals surface area contributed by atoms with Gasteiger partial charge >= 0.3 is 5.97 Å². The van der Waals surface area contributed by atoms with Crippen molar-refractivity contribution in [1.29, 1.82) is 0 Å². The van der Waals surface area contributed by atoms with E-state index in [4.69, 9.17) is 10.8 Å². The smallest absolute Gasteiger partial charge is 0.338 e. The second-order valence-corrected chi connectivity index (χ2v) is 5.51. The first-order chi connectivity index (χ1) is 9.51. The molecule has 20 heavy (non-hydrogen) atoms. The molecule has 0 aliphatic heterocycles. The lowest BCUT2D eigenvalue weighted by molar-refractivity contribution is 0.0692. The number of aromatic carboxylic acids is 1. The molecule has 2 rings (SSSR count). The average Bonchev–Trinajstić information content (AvgIpc) is 2.42. The molecule has 1 aliphatic rings. The Kier molecular flexibility index (Phi) is 4.47. The van der Waals surface area contributed by atoms with E-state index in [2.05, 4.69) is 12.2 Å².